The molecule has 3 rings (SSSR count). The Labute approximate surface area is 190 Å². The molecule has 2 aromatic carbocycles. The summed E-state index contributed by atoms with van der Waals surface area (Å²) >= 11 is 0. The maximum atomic E-state index is 5.99. The largest absolute Gasteiger partial charge is 0.489 e. The number of guanidine groups is 1. The number of benzene rings is 2. The molecule has 29 heavy (non-hydrogen) atoms. The van der Waals surface area contributed by atoms with Gasteiger partial charge in [0.2, 0.25) is 0 Å². The molecule has 0 aromatic heterocycles. The number of rotatable bonds is 9. The van der Waals surface area contributed by atoms with Crippen molar-refractivity contribution in [1.82, 2.24) is 10.2 Å². The highest BCUT2D eigenvalue weighted by Gasteiger charge is 2.09. The van der Waals surface area contributed by atoms with Crippen molar-refractivity contribution in [3.8, 4) is 5.75 Å². The van der Waals surface area contributed by atoms with Gasteiger partial charge in [0, 0.05) is 19.6 Å². The first kappa shape index (κ1) is 23.4. The van der Waals surface area contributed by atoms with Gasteiger partial charge in [0.25, 0.3) is 0 Å². The molecule has 1 fully saturated rings. The van der Waals surface area contributed by atoms with Gasteiger partial charge < -0.3 is 20.5 Å². The number of hydrogen-bond donors (Lipinski definition) is 2. The summed E-state index contributed by atoms with van der Waals surface area (Å²) in [7, 11) is 0. The predicted octanol–water partition coefficient (Wildman–Crippen LogP) is 3.01. The Morgan fingerprint density at radius 3 is 2.62 bits per heavy atom. The minimum atomic E-state index is 0. The number of morpholine rings is 1. The Bertz CT molecular complexity index is 737. The smallest absolute Gasteiger partial charge is 0.188 e. The van der Waals surface area contributed by atoms with Crippen molar-refractivity contribution in [3.63, 3.8) is 0 Å². The van der Waals surface area contributed by atoms with Gasteiger partial charge in [-0.1, -0.05) is 42.5 Å². The minimum Gasteiger partial charge on any atom is -0.489 e. The zero-order valence-electron chi connectivity index (χ0n) is 16.8. The molecular formula is C22H31IN4O2. The highest BCUT2D eigenvalue weighted by molar-refractivity contribution is 14.0. The Morgan fingerprint density at radius 2 is 1.83 bits per heavy atom. The molecule has 0 atom stereocenters. The van der Waals surface area contributed by atoms with Crippen LogP contribution in [0.5, 0.6) is 5.75 Å². The van der Waals surface area contributed by atoms with Crippen molar-refractivity contribution in [3.05, 3.63) is 65.7 Å². The molecule has 0 amide bonds. The number of nitrogens with one attached hydrogen (secondary N) is 1. The van der Waals surface area contributed by atoms with E-state index in [9.17, 15) is 0 Å². The van der Waals surface area contributed by atoms with E-state index >= 15 is 0 Å². The fourth-order valence-electron chi connectivity index (χ4n) is 3.05. The van der Waals surface area contributed by atoms with E-state index in [0.717, 1.165) is 62.7 Å². The van der Waals surface area contributed by atoms with Crippen LogP contribution in [0.1, 0.15) is 17.5 Å². The third kappa shape index (κ3) is 9.01. The van der Waals surface area contributed by atoms with Crippen molar-refractivity contribution in [2.75, 3.05) is 39.4 Å². The Morgan fingerprint density at radius 1 is 1.07 bits per heavy atom. The van der Waals surface area contributed by atoms with E-state index < -0.39 is 0 Å². The number of halogens is 1. The first-order valence-corrected chi connectivity index (χ1v) is 9.89. The SMILES string of the molecule is I.NC(=NCc1cccc(OCc2ccccc2)c1)NCCCN1CCOCC1. The monoisotopic (exact) mass is 510 g/mol. The van der Waals surface area contributed by atoms with Crippen LogP contribution in [0.25, 0.3) is 0 Å². The van der Waals surface area contributed by atoms with Crippen molar-refractivity contribution >= 4 is 29.9 Å². The maximum absolute atomic E-state index is 5.99. The van der Waals surface area contributed by atoms with Gasteiger partial charge >= 0.3 is 0 Å². The lowest BCUT2D eigenvalue weighted by Gasteiger charge is -2.26. The highest BCUT2D eigenvalue weighted by Crippen LogP contribution is 2.15. The molecule has 0 aliphatic carbocycles. The molecule has 0 bridgehead atoms. The summed E-state index contributed by atoms with van der Waals surface area (Å²) in [5.74, 6) is 1.33. The molecule has 158 valence electrons. The van der Waals surface area contributed by atoms with Gasteiger partial charge in [0.1, 0.15) is 12.4 Å². The summed E-state index contributed by atoms with van der Waals surface area (Å²) in [6, 6.07) is 18.1. The van der Waals surface area contributed by atoms with Gasteiger partial charge in [-0.15, -0.1) is 24.0 Å². The van der Waals surface area contributed by atoms with Gasteiger partial charge in [0.05, 0.1) is 19.8 Å². The average molecular weight is 510 g/mol. The van der Waals surface area contributed by atoms with Crippen LogP contribution in [-0.2, 0) is 17.9 Å². The molecule has 1 heterocycles. The summed E-state index contributed by atoms with van der Waals surface area (Å²) in [5, 5.41) is 3.19. The Balaban J connectivity index is 0.00000300. The van der Waals surface area contributed by atoms with E-state index in [1.165, 1.54) is 0 Å². The van der Waals surface area contributed by atoms with Gasteiger partial charge in [-0.25, -0.2) is 4.99 Å². The number of ether oxygens (including phenoxy) is 2. The first-order chi connectivity index (χ1) is 13.8. The van der Waals surface area contributed by atoms with E-state index in [-0.39, 0.29) is 24.0 Å². The number of aliphatic imine (C=N–C) groups is 1. The second-order valence-electron chi connectivity index (χ2n) is 6.86. The zero-order chi connectivity index (χ0) is 19.4. The van der Waals surface area contributed by atoms with Gasteiger partial charge in [-0.3, -0.25) is 4.90 Å². The molecule has 1 saturated heterocycles. The molecule has 0 unspecified atom stereocenters. The van der Waals surface area contributed by atoms with Crippen molar-refractivity contribution in [2.45, 2.75) is 19.6 Å². The highest BCUT2D eigenvalue weighted by atomic mass is 127. The van der Waals surface area contributed by atoms with Gasteiger partial charge in [-0.2, -0.15) is 0 Å². The molecule has 0 spiro atoms. The third-order valence-corrected chi connectivity index (χ3v) is 4.64. The molecule has 2 aromatic rings. The molecule has 1 aliphatic rings. The van der Waals surface area contributed by atoms with Crippen LogP contribution in [0.15, 0.2) is 59.6 Å². The maximum Gasteiger partial charge on any atom is 0.188 e. The minimum absolute atomic E-state index is 0. The van der Waals surface area contributed by atoms with Gasteiger partial charge in [-0.05, 0) is 36.2 Å². The Kier molecular flexibility index (Phi) is 10.8. The Hall–Kier alpha value is -1.84. The lowest BCUT2D eigenvalue weighted by molar-refractivity contribution is 0.0376. The fourth-order valence-corrected chi connectivity index (χ4v) is 3.05. The molecule has 3 N–H and O–H groups in total. The fraction of sp³-hybridized carbons (Fsp3) is 0.409. The van der Waals surface area contributed by atoms with E-state index in [2.05, 4.69) is 27.3 Å². The van der Waals surface area contributed by atoms with Crippen LogP contribution in [-0.4, -0.2) is 50.3 Å². The summed E-state index contributed by atoms with van der Waals surface area (Å²) in [6.07, 6.45) is 1.04. The van der Waals surface area contributed by atoms with Crippen molar-refractivity contribution < 1.29 is 9.47 Å². The van der Waals surface area contributed by atoms with E-state index in [0.29, 0.717) is 19.1 Å². The molecule has 1 aliphatic heterocycles. The van der Waals surface area contributed by atoms with Gasteiger partial charge in [0.15, 0.2) is 5.96 Å². The summed E-state index contributed by atoms with van der Waals surface area (Å²) in [6.45, 7) is 6.69. The van der Waals surface area contributed by atoms with Crippen LogP contribution in [0.2, 0.25) is 0 Å². The van der Waals surface area contributed by atoms with Crippen LogP contribution in [0.3, 0.4) is 0 Å². The molecule has 6 nitrogen and oxygen atoms in total. The predicted molar refractivity (Wildman–Crippen MR) is 128 cm³/mol. The molecule has 0 saturated carbocycles. The van der Waals surface area contributed by atoms with Crippen LogP contribution in [0.4, 0.5) is 0 Å². The molecule has 0 radical (unpaired) electrons. The van der Waals surface area contributed by atoms with E-state index in [1.807, 2.05) is 42.5 Å². The standard InChI is InChI=1S/C22H30N4O2.HI/c23-22(24-10-5-11-26-12-14-27-15-13-26)25-17-20-8-4-9-21(16-20)28-18-19-6-2-1-3-7-19;/h1-4,6-9,16H,5,10-15,17-18H2,(H3,23,24,25);1H. The van der Waals surface area contributed by atoms with Crippen LogP contribution in [0, 0.1) is 0 Å². The number of hydrogen-bond acceptors (Lipinski definition) is 4. The second-order valence-corrected chi connectivity index (χ2v) is 6.86. The quantitative estimate of drug-likeness (QED) is 0.235. The van der Waals surface area contributed by atoms with Crippen LogP contribution >= 0.6 is 24.0 Å². The summed E-state index contributed by atoms with van der Waals surface area (Å²) < 4.78 is 11.2. The summed E-state index contributed by atoms with van der Waals surface area (Å²) in [5.41, 5.74) is 8.21. The lowest BCUT2D eigenvalue weighted by atomic mass is 10.2. The van der Waals surface area contributed by atoms with Crippen molar-refractivity contribution in [2.24, 2.45) is 10.7 Å². The molecular weight excluding hydrogens is 479 g/mol. The molecule has 7 heteroatoms. The topological polar surface area (TPSA) is 72.1 Å². The average Bonchev–Trinajstić information content (AvgIpc) is 2.76. The summed E-state index contributed by atoms with van der Waals surface area (Å²) in [4.78, 5) is 6.85. The van der Waals surface area contributed by atoms with E-state index in [4.69, 9.17) is 15.2 Å². The van der Waals surface area contributed by atoms with Crippen molar-refractivity contribution in [1.29, 1.82) is 0 Å². The normalized spacial score (nSPS) is 14.8. The zero-order valence-corrected chi connectivity index (χ0v) is 19.1. The third-order valence-electron chi connectivity index (χ3n) is 4.64. The van der Waals surface area contributed by atoms with Crippen LogP contribution < -0.4 is 15.8 Å². The number of nitrogens with two attached hydrogens (primary N) is 1. The van der Waals surface area contributed by atoms with E-state index in [1.54, 1.807) is 0 Å². The number of nitrogens with zero attached hydrogens (tertiary/aromatic N) is 2. The second kappa shape index (κ2) is 13.4. The first-order valence-electron chi connectivity index (χ1n) is 9.89. The lowest BCUT2D eigenvalue weighted by Crippen LogP contribution is -2.39.